The summed E-state index contributed by atoms with van der Waals surface area (Å²) in [4.78, 5) is 23.9. The van der Waals surface area contributed by atoms with Crippen LogP contribution in [0.1, 0.15) is 26.3 Å². The Bertz CT molecular complexity index is 901. The van der Waals surface area contributed by atoms with Crippen LogP contribution in [0.3, 0.4) is 0 Å². The monoisotopic (exact) mass is 310 g/mol. The summed E-state index contributed by atoms with van der Waals surface area (Å²) >= 11 is 0. The number of carbonyl (C=O) groups is 2. The summed E-state index contributed by atoms with van der Waals surface area (Å²) in [7, 11) is 1.29. The molecular weight excluding hydrogens is 296 g/mol. The Kier molecular flexibility index (Phi) is 3.76. The van der Waals surface area contributed by atoms with E-state index in [1.807, 2.05) is 19.1 Å². The van der Waals surface area contributed by atoms with E-state index in [0.29, 0.717) is 22.7 Å². The quantitative estimate of drug-likeness (QED) is 0.749. The number of methoxy groups -OCH3 is 1. The zero-order chi connectivity index (χ0) is 16.4. The fourth-order valence-corrected chi connectivity index (χ4v) is 2.16. The van der Waals surface area contributed by atoms with Gasteiger partial charge in [-0.25, -0.2) is 4.79 Å². The van der Waals surface area contributed by atoms with Gasteiger partial charge < -0.3 is 4.74 Å². The molecule has 0 unspecified atom stereocenters. The Morgan fingerprint density at radius 1 is 1.13 bits per heavy atom. The van der Waals surface area contributed by atoms with Gasteiger partial charge in [-0.2, -0.15) is 0 Å². The fourth-order valence-electron chi connectivity index (χ4n) is 2.16. The van der Waals surface area contributed by atoms with Crippen LogP contribution in [-0.4, -0.2) is 33.6 Å². The molecule has 1 N–H and O–H groups in total. The van der Waals surface area contributed by atoms with Crippen molar-refractivity contribution < 1.29 is 14.3 Å². The van der Waals surface area contributed by atoms with Crippen LogP contribution in [0, 0.1) is 6.92 Å². The van der Waals surface area contributed by atoms with Crippen LogP contribution in [0.15, 0.2) is 42.6 Å². The minimum Gasteiger partial charge on any atom is -0.465 e. The summed E-state index contributed by atoms with van der Waals surface area (Å²) in [5.41, 5.74) is 2.33. The van der Waals surface area contributed by atoms with Crippen molar-refractivity contribution in [2.45, 2.75) is 6.92 Å². The molecule has 0 bridgehead atoms. The Morgan fingerprint density at radius 3 is 2.70 bits per heavy atom. The number of hydrogen-bond donors (Lipinski definition) is 1. The normalized spacial score (nSPS) is 10.5. The Morgan fingerprint density at radius 2 is 1.91 bits per heavy atom. The van der Waals surface area contributed by atoms with Crippen molar-refractivity contribution in [3.63, 3.8) is 0 Å². The summed E-state index contributed by atoms with van der Waals surface area (Å²) < 4.78 is 6.32. The lowest BCUT2D eigenvalue weighted by atomic mass is 10.1. The van der Waals surface area contributed by atoms with E-state index in [-0.39, 0.29) is 5.91 Å². The van der Waals surface area contributed by atoms with Crippen molar-refractivity contribution >= 4 is 23.5 Å². The fraction of sp³-hybridized carbons (Fsp3) is 0.125. The van der Waals surface area contributed by atoms with E-state index in [0.717, 1.165) is 5.56 Å². The Hall–Kier alpha value is -3.22. The highest BCUT2D eigenvalue weighted by molar-refractivity contribution is 6.05. The second-order valence-corrected chi connectivity index (χ2v) is 4.98. The van der Waals surface area contributed by atoms with Gasteiger partial charge in [0.2, 0.25) is 5.95 Å². The van der Waals surface area contributed by atoms with Crippen LogP contribution in [0.25, 0.3) is 5.65 Å². The van der Waals surface area contributed by atoms with E-state index in [9.17, 15) is 9.59 Å². The van der Waals surface area contributed by atoms with Crippen LogP contribution < -0.4 is 5.32 Å². The van der Waals surface area contributed by atoms with E-state index in [1.165, 1.54) is 13.2 Å². The lowest BCUT2D eigenvalue weighted by Gasteiger charge is -2.05. The molecule has 2 heterocycles. The minimum absolute atomic E-state index is 0.307. The Labute approximate surface area is 131 Å². The standard InChI is InChI=1S/C16H14N4O3/c1-10-6-7-20-13(8-10)18-19-16(20)17-14(21)11-4-3-5-12(9-11)15(22)23-2/h3-9H,1-2H3,(H,17,19,21). The molecule has 23 heavy (non-hydrogen) atoms. The first-order valence-electron chi connectivity index (χ1n) is 6.89. The number of benzene rings is 1. The summed E-state index contributed by atoms with van der Waals surface area (Å²) in [6, 6.07) is 10.0. The molecule has 7 nitrogen and oxygen atoms in total. The van der Waals surface area contributed by atoms with Gasteiger partial charge in [0.1, 0.15) is 0 Å². The van der Waals surface area contributed by atoms with Crippen molar-refractivity contribution in [3.8, 4) is 0 Å². The lowest BCUT2D eigenvalue weighted by molar-refractivity contribution is 0.0600. The number of esters is 1. The van der Waals surface area contributed by atoms with Crippen molar-refractivity contribution in [3.05, 3.63) is 59.3 Å². The van der Waals surface area contributed by atoms with Crippen LogP contribution in [0.5, 0.6) is 0 Å². The molecule has 0 fully saturated rings. The predicted octanol–water partition coefficient (Wildman–Crippen LogP) is 2.08. The maximum absolute atomic E-state index is 12.3. The summed E-state index contributed by atoms with van der Waals surface area (Å²) in [6.07, 6.45) is 1.78. The molecule has 116 valence electrons. The second-order valence-electron chi connectivity index (χ2n) is 4.98. The molecule has 1 amide bonds. The van der Waals surface area contributed by atoms with Crippen LogP contribution in [0.4, 0.5) is 5.95 Å². The van der Waals surface area contributed by atoms with E-state index < -0.39 is 5.97 Å². The first-order chi connectivity index (χ1) is 11.1. The van der Waals surface area contributed by atoms with Crippen molar-refractivity contribution in [2.75, 3.05) is 12.4 Å². The third-order valence-electron chi connectivity index (χ3n) is 3.34. The number of ether oxygens (including phenoxy) is 1. The molecule has 2 aromatic heterocycles. The maximum Gasteiger partial charge on any atom is 0.337 e. The number of aromatic nitrogens is 3. The van der Waals surface area contributed by atoms with Gasteiger partial charge in [0.15, 0.2) is 5.65 Å². The number of nitrogens with zero attached hydrogens (tertiary/aromatic N) is 3. The van der Waals surface area contributed by atoms with Gasteiger partial charge in [0.25, 0.3) is 5.91 Å². The summed E-state index contributed by atoms with van der Waals surface area (Å²) in [5, 5.41) is 10.7. The average molecular weight is 310 g/mol. The number of aryl methyl sites for hydroxylation is 1. The van der Waals surface area contributed by atoms with Gasteiger partial charge in [0, 0.05) is 11.8 Å². The molecule has 0 atom stereocenters. The summed E-state index contributed by atoms with van der Waals surface area (Å²) in [5.74, 6) is -0.567. The van der Waals surface area contributed by atoms with Crippen molar-refractivity contribution in [1.82, 2.24) is 14.6 Å². The molecule has 0 saturated carbocycles. The Balaban J connectivity index is 1.87. The van der Waals surface area contributed by atoms with E-state index in [4.69, 9.17) is 0 Å². The molecule has 0 aliphatic rings. The molecule has 7 heteroatoms. The van der Waals surface area contributed by atoms with Crippen molar-refractivity contribution in [2.24, 2.45) is 0 Å². The van der Waals surface area contributed by atoms with Gasteiger partial charge >= 0.3 is 5.97 Å². The smallest absolute Gasteiger partial charge is 0.337 e. The van der Waals surface area contributed by atoms with Crippen molar-refractivity contribution in [1.29, 1.82) is 0 Å². The topological polar surface area (TPSA) is 85.6 Å². The molecular formula is C16H14N4O3. The second kappa shape index (κ2) is 5.88. The molecule has 3 aromatic rings. The molecule has 0 spiro atoms. The number of nitrogens with one attached hydrogen (secondary N) is 1. The number of amides is 1. The van der Waals surface area contributed by atoms with E-state index in [2.05, 4.69) is 20.3 Å². The first-order valence-corrected chi connectivity index (χ1v) is 6.89. The number of rotatable bonds is 3. The molecule has 0 aliphatic carbocycles. The minimum atomic E-state index is -0.497. The highest BCUT2D eigenvalue weighted by atomic mass is 16.5. The molecule has 0 saturated heterocycles. The van der Waals surface area contributed by atoms with E-state index in [1.54, 1.807) is 28.8 Å². The number of hydrogen-bond acceptors (Lipinski definition) is 5. The highest BCUT2D eigenvalue weighted by Gasteiger charge is 2.13. The number of pyridine rings is 1. The number of fused-ring (bicyclic) bond motifs is 1. The average Bonchev–Trinajstić information content (AvgIpc) is 2.96. The zero-order valence-corrected chi connectivity index (χ0v) is 12.6. The third kappa shape index (κ3) is 2.89. The lowest BCUT2D eigenvalue weighted by Crippen LogP contribution is -2.15. The first kappa shape index (κ1) is 14.7. The molecule has 0 radical (unpaired) electrons. The third-order valence-corrected chi connectivity index (χ3v) is 3.34. The zero-order valence-electron chi connectivity index (χ0n) is 12.6. The SMILES string of the molecule is COC(=O)c1cccc(C(=O)Nc2nnc3cc(C)ccn23)c1. The molecule has 1 aromatic carbocycles. The highest BCUT2D eigenvalue weighted by Crippen LogP contribution is 2.13. The van der Waals surface area contributed by atoms with Gasteiger partial charge in [-0.1, -0.05) is 6.07 Å². The van der Waals surface area contributed by atoms with Gasteiger partial charge in [-0.3, -0.25) is 14.5 Å². The number of carbonyl (C=O) groups excluding carboxylic acids is 2. The maximum atomic E-state index is 12.3. The van der Waals surface area contributed by atoms with Crippen LogP contribution >= 0.6 is 0 Å². The van der Waals surface area contributed by atoms with Gasteiger partial charge in [0.05, 0.1) is 12.7 Å². The number of anilines is 1. The molecule has 0 aliphatic heterocycles. The van der Waals surface area contributed by atoms with Crippen LogP contribution in [0.2, 0.25) is 0 Å². The van der Waals surface area contributed by atoms with E-state index >= 15 is 0 Å². The predicted molar refractivity (Wildman–Crippen MR) is 83.5 cm³/mol. The summed E-state index contributed by atoms with van der Waals surface area (Å²) in [6.45, 7) is 1.95. The molecule has 3 rings (SSSR count). The van der Waals surface area contributed by atoms with Gasteiger partial charge in [-0.15, -0.1) is 10.2 Å². The van der Waals surface area contributed by atoms with Gasteiger partial charge in [-0.05, 0) is 42.8 Å². The van der Waals surface area contributed by atoms with Crippen LogP contribution in [-0.2, 0) is 4.74 Å². The largest absolute Gasteiger partial charge is 0.465 e.